The third-order valence-electron chi connectivity index (χ3n) is 4.49. The van der Waals surface area contributed by atoms with Gasteiger partial charge in [-0.3, -0.25) is 4.79 Å². The zero-order valence-corrected chi connectivity index (χ0v) is 14.6. The molecule has 2 nitrogen and oxygen atoms in total. The molecule has 3 rings (SSSR count). The van der Waals surface area contributed by atoms with Gasteiger partial charge >= 0.3 is 12.4 Å². The van der Waals surface area contributed by atoms with Crippen molar-refractivity contribution in [1.29, 1.82) is 0 Å². The lowest BCUT2D eigenvalue weighted by Gasteiger charge is -2.24. The van der Waals surface area contributed by atoms with Gasteiger partial charge in [-0.05, 0) is 48.2 Å². The lowest BCUT2D eigenvalue weighted by molar-refractivity contribution is -0.138. The molecule has 2 aromatic carbocycles. The van der Waals surface area contributed by atoms with Crippen molar-refractivity contribution in [3.8, 4) is 0 Å². The van der Waals surface area contributed by atoms with E-state index in [0.29, 0.717) is 12.8 Å². The van der Waals surface area contributed by atoms with Crippen molar-refractivity contribution in [3.63, 3.8) is 0 Å². The molecule has 2 aromatic rings. The monoisotopic (exact) mass is 401 g/mol. The van der Waals surface area contributed by atoms with Crippen LogP contribution in [0.3, 0.4) is 0 Å². The van der Waals surface area contributed by atoms with Gasteiger partial charge in [0.1, 0.15) is 0 Å². The molecule has 0 saturated heterocycles. The molecular weight excluding hydrogens is 384 g/mol. The van der Waals surface area contributed by atoms with E-state index in [1.54, 1.807) is 0 Å². The first-order valence-electron chi connectivity index (χ1n) is 8.65. The van der Waals surface area contributed by atoms with Gasteiger partial charge in [0, 0.05) is 19.0 Å². The number of amides is 1. The predicted octanol–water partition coefficient (Wildman–Crippen LogP) is 5.66. The SMILES string of the molecule is O=C(C1CC1)N(Cc1cccc(C(F)(F)F)c1)Cc1cccc(C(F)(F)F)c1. The highest BCUT2D eigenvalue weighted by molar-refractivity contribution is 5.81. The fraction of sp³-hybridized carbons (Fsp3) is 0.350. The molecule has 1 saturated carbocycles. The summed E-state index contributed by atoms with van der Waals surface area (Å²) in [5, 5.41) is 0. The molecule has 28 heavy (non-hydrogen) atoms. The van der Waals surface area contributed by atoms with Crippen LogP contribution in [-0.4, -0.2) is 10.8 Å². The largest absolute Gasteiger partial charge is 0.416 e. The van der Waals surface area contributed by atoms with E-state index in [4.69, 9.17) is 0 Å². The van der Waals surface area contributed by atoms with Gasteiger partial charge in [-0.2, -0.15) is 26.3 Å². The molecule has 8 heteroatoms. The number of hydrogen-bond donors (Lipinski definition) is 0. The summed E-state index contributed by atoms with van der Waals surface area (Å²) in [4.78, 5) is 13.9. The molecule has 1 aliphatic rings. The number of alkyl halides is 6. The highest BCUT2D eigenvalue weighted by atomic mass is 19.4. The van der Waals surface area contributed by atoms with Gasteiger partial charge in [0.15, 0.2) is 0 Å². The summed E-state index contributed by atoms with van der Waals surface area (Å²) in [7, 11) is 0. The molecular formula is C20H17F6NO. The number of rotatable bonds is 5. The van der Waals surface area contributed by atoms with E-state index in [1.165, 1.54) is 29.2 Å². The Morgan fingerprint density at radius 3 is 1.61 bits per heavy atom. The minimum absolute atomic E-state index is 0.102. The quantitative estimate of drug-likeness (QED) is 0.592. The summed E-state index contributed by atoms with van der Waals surface area (Å²) in [6, 6.07) is 9.22. The number of nitrogens with zero attached hydrogens (tertiary/aromatic N) is 1. The Bertz CT molecular complexity index is 795. The molecule has 1 fully saturated rings. The topological polar surface area (TPSA) is 20.3 Å². The average molecular weight is 401 g/mol. The van der Waals surface area contributed by atoms with Gasteiger partial charge < -0.3 is 4.90 Å². The minimum atomic E-state index is -4.51. The Labute approximate surface area is 157 Å². The van der Waals surface area contributed by atoms with E-state index in [9.17, 15) is 31.1 Å². The highest BCUT2D eigenvalue weighted by Gasteiger charge is 2.35. The molecule has 0 N–H and O–H groups in total. The van der Waals surface area contributed by atoms with Crippen LogP contribution in [0.5, 0.6) is 0 Å². The van der Waals surface area contributed by atoms with Crippen molar-refractivity contribution in [2.75, 3.05) is 0 Å². The Kier molecular flexibility index (Phi) is 5.41. The van der Waals surface area contributed by atoms with E-state index < -0.39 is 23.5 Å². The molecule has 0 radical (unpaired) electrons. The zero-order chi connectivity index (χ0) is 20.5. The second-order valence-corrected chi connectivity index (χ2v) is 6.86. The standard InChI is InChI=1S/C20H17F6NO/c21-19(22,23)16-5-1-3-13(9-16)11-27(18(28)15-7-8-15)12-14-4-2-6-17(10-14)20(24,25)26/h1-6,9-10,15H,7-8,11-12H2. The number of hydrogen-bond acceptors (Lipinski definition) is 1. The Morgan fingerprint density at radius 2 is 1.25 bits per heavy atom. The molecule has 0 heterocycles. The number of carbonyl (C=O) groups is 1. The van der Waals surface area contributed by atoms with E-state index in [-0.39, 0.29) is 36.0 Å². The van der Waals surface area contributed by atoms with Gasteiger partial charge in [-0.1, -0.05) is 24.3 Å². The van der Waals surface area contributed by atoms with Gasteiger partial charge in [0.2, 0.25) is 5.91 Å². The van der Waals surface area contributed by atoms with Crippen LogP contribution in [0.2, 0.25) is 0 Å². The van der Waals surface area contributed by atoms with Crippen molar-refractivity contribution in [2.24, 2.45) is 5.92 Å². The zero-order valence-electron chi connectivity index (χ0n) is 14.6. The van der Waals surface area contributed by atoms with Crippen LogP contribution in [0.4, 0.5) is 26.3 Å². The van der Waals surface area contributed by atoms with Crippen molar-refractivity contribution < 1.29 is 31.1 Å². The number of halogens is 6. The van der Waals surface area contributed by atoms with Crippen molar-refractivity contribution >= 4 is 5.91 Å². The number of benzene rings is 2. The molecule has 150 valence electrons. The van der Waals surface area contributed by atoms with Crippen LogP contribution < -0.4 is 0 Å². The maximum absolute atomic E-state index is 12.9. The van der Waals surface area contributed by atoms with E-state index in [1.807, 2.05) is 0 Å². The fourth-order valence-corrected chi connectivity index (χ4v) is 2.93. The third kappa shape index (κ3) is 5.05. The van der Waals surface area contributed by atoms with Crippen LogP contribution in [0.15, 0.2) is 48.5 Å². The van der Waals surface area contributed by atoms with Gasteiger partial charge in [0.25, 0.3) is 0 Å². The first kappa shape index (κ1) is 20.2. The molecule has 0 unspecified atom stereocenters. The minimum Gasteiger partial charge on any atom is -0.334 e. The first-order valence-corrected chi connectivity index (χ1v) is 8.65. The molecule has 0 bridgehead atoms. The second-order valence-electron chi connectivity index (χ2n) is 6.86. The lowest BCUT2D eigenvalue weighted by Crippen LogP contribution is -2.31. The lowest BCUT2D eigenvalue weighted by atomic mass is 10.1. The van der Waals surface area contributed by atoms with E-state index >= 15 is 0 Å². The summed E-state index contributed by atoms with van der Waals surface area (Å²) in [5.41, 5.74) is -1.11. The Morgan fingerprint density at radius 1 is 0.821 bits per heavy atom. The van der Waals surface area contributed by atoms with Gasteiger partial charge in [0.05, 0.1) is 11.1 Å². The maximum atomic E-state index is 12.9. The van der Waals surface area contributed by atoms with Gasteiger partial charge in [-0.15, -0.1) is 0 Å². The molecule has 0 atom stereocenters. The predicted molar refractivity (Wildman–Crippen MR) is 89.9 cm³/mol. The molecule has 0 aliphatic heterocycles. The van der Waals surface area contributed by atoms with Crippen molar-refractivity contribution in [2.45, 2.75) is 38.3 Å². The molecule has 0 aromatic heterocycles. The van der Waals surface area contributed by atoms with Crippen LogP contribution >= 0.6 is 0 Å². The number of carbonyl (C=O) groups excluding carboxylic acids is 1. The fourth-order valence-electron chi connectivity index (χ4n) is 2.93. The van der Waals surface area contributed by atoms with Crippen molar-refractivity contribution in [1.82, 2.24) is 4.90 Å². The maximum Gasteiger partial charge on any atom is 0.416 e. The highest BCUT2D eigenvalue weighted by Crippen LogP contribution is 2.34. The molecule has 1 aliphatic carbocycles. The van der Waals surface area contributed by atoms with E-state index in [2.05, 4.69) is 0 Å². The summed E-state index contributed by atoms with van der Waals surface area (Å²) >= 11 is 0. The summed E-state index contributed by atoms with van der Waals surface area (Å²) in [6.07, 6.45) is -7.66. The Balaban J connectivity index is 1.84. The summed E-state index contributed by atoms with van der Waals surface area (Å²) in [5.74, 6) is -0.466. The van der Waals surface area contributed by atoms with Crippen LogP contribution in [0, 0.1) is 5.92 Å². The van der Waals surface area contributed by atoms with E-state index in [0.717, 1.165) is 24.3 Å². The first-order chi connectivity index (χ1) is 13.0. The Hall–Kier alpha value is -2.51. The van der Waals surface area contributed by atoms with Crippen LogP contribution in [0.25, 0.3) is 0 Å². The average Bonchev–Trinajstić information content (AvgIpc) is 3.45. The van der Waals surface area contributed by atoms with Crippen LogP contribution in [0.1, 0.15) is 35.1 Å². The van der Waals surface area contributed by atoms with Crippen LogP contribution in [-0.2, 0) is 30.2 Å². The van der Waals surface area contributed by atoms with Crippen molar-refractivity contribution in [3.05, 3.63) is 70.8 Å². The smallest absolute Gasteiger partial charge is 0.334 e. The summed E-state index contributed by atoms with van der Waals surface area (Å²) < 4.78 is 77.5. The second kappa shape index (κ2) is 7.48. The molecule has 0 spiro atoms. The third-order valence-corrected chi connectivity index (χ3v) is 4.49. The summed E-state index contributed by atoms with van der Waals surface area (Å²) in [6.45, 7) is -0.203. The normalized spacial score (nSPS) is 14.8. The molecule has 1 amide bonds. The van der Waals surface area contributed by atoms with Gasteiger partial charge in [-0.25, -0.2) is 0 Å².